The summed E-state index contributed by atoms with van der Waals surface area (Å²) in [6.07, 6.45) is 4.44. The molecule has 31 heavy (non-hydrogen) atoms. The number of thiazole rings is 1. The molecule has 1 fully saturated rings. The summed E-state index contributed by atoms with van der Waals surface area (Å²) in [5, 5.41) is 14.0. The van der Waals surface area contributed by atoms with Crippen LogP contribution in [0.1, 0.15) is 34.9 Å². The first-order valence-corrected chi connectivity index (χ1v) is 11.7. The summed E-state index contributed by atoms with van der Waals surface area (Å²) in [5.74, 6) is 0.110. The average Bonchev–Trinajstić information content (AvgIpc) is 3.23. The summed E-state index contributed by atoms with van der Waals surface area (Å²) in [6.45, 7) is 1.69. The van der Waals surface area contributed by atoms with E-state index in [1.807, 2.05) is 54.6 Å². The molecule has 2 heterocycles. The first-order chi connectivity index (χ1) is 15.1. The van der Waals surface area contributed by atoms with Gasteiger partial charge in [-0.2, -0.15) is 0 Å². The Morgan fingerprint density at radius 1 is 1.23 bits per heavy atom. The molecule has 0 saturated carbocycles. The van der Waals surface area contributed by atoms with E-state index in [0.717, 1.165) is 40.4 Å². The number of anilines is 1. The summed E-state index contributed by atoms with van der Waals surface area (Å²) in [5.41, 5.74) is 1.99. The Kier molecular flexibility index (Phi) is 7.35. The minimum atomic E-state index is -0.411. The number of aliphatic hydroxyl groups is 1. The maximum absolute atomic E-state index is 13.4. The predicted molar refractivity (Wildman–Crippen MR) is 126 cm³/mol. The number of carbonyl (C=O) groups excluding carboxylic acids is 1. The number of hydrogen-bond acceptors (Lipinski definition) is 5. The van der Waals surface area contributed by atoms with Crippen molar-refractivity contribution in [2.24, 2.45) is 5.92 Å². The first kappa shape index (κ1) is 22.0. The third-order valence-corrected chi connectivity index (χ3v) is 6.93. The highest BCUT2D eigenvalue weighted by Crippen LogP contribution is 2.30. The summed E-state index contributed by atoms with van der Waals surface area (Å²) < 4.78 is 0. The number of hydrogen-bond donors (Lipinski definition) is 2. The number of benzene rings is 2. The summed E-state index contributed by atoms with van der Waals surface area (Å²) in [4.78, 5) is 21.0. The van der Waals surface area contributed by atoms with Crippen molar-refractivity contribution in [2.45, 2.75) is 25.3 Å². The van der Waals surface area contributed by atoms with Crippen molar-refractivity contribution < 1.29 is 9.90 Å². The van der Waals surface area contributed by atoms with Crippen molar-refractivity contribution >= 4 is 34.0 Å². The molecule has 1 aromatic heterocycles. The van der Waals surface area contributed by atoms with E-state index in [1.165, 1.54) is 11.3 Å². The molecule has 1 aliphatic rings. The largest absolute Gasteiger partial charge is 0.396 e. The molecule has 1 amide bonds. The van der Waals surface area contributed by atoms with Gasteiger partial charge in [-0.3, -0.25) is 9.69 Å². The Labute approximate surface area is 191 Å². The van der Waals surface area contributed by atoms with Crippen LogP contribution in [0.2, 0.25) is 5.02 Å². The lowest BCUT2D eigenvalue weighted by Gasteiger charge is -2.37. The molecule has 1 saturated heterocycles. The number of halogens is 1. The topological polar surface area (TPSA) is 65.5 Å². The Morgan fingerprint density at radius 3 is 2.77 bits per heavy atom. The maximum Gasteiger partial charge on any atom is 0.248 e. The Balaban J connectivity index is 1.50. The highest BCUT2D eigenvalue weighted by atomic mass is 35.5. The van der Waals surface area contributed by atoms with Crippen LogP contribution in [0.5, 0.6) is 0 Å². The van der Waals surface area contributed by atoms with Gasteiger partial charge < -0.3 is 10.4 Å². The zero-order chi connectivity index (χ0) is 21.6. The SMILES string of the molecule is O=C(Nc1ncc(Cc2ccccc2Cl)s1)C(c1ccccc1)N1CCCC(CO)C1. The standard InChI is InChI=1S/C24H26ClN3O2S/c25-21-11-5-4-10-19(21)13-20-14-26-24(31-20)27-23(30)22(18-8-2-1-3-9-18)28-12-6-7-17(15-28)16-29/h1-5,8-11,14,17,22,29H,6-7,12-13,15-16H2,(H,26,27,30). The van der Waals surface area contributed by atoms with Crippen molar-refractivity contribution in [3.63, 3.8) is 0 Å². The molecule has 2 N–H and O–H groups in total. The van der Waals surface area contributed by atoms with E-state index in [-0.39, 0.29) is 18.4 Å². The van der Waals surface area contributed by atoms with E-state index in [2.05, 4.69) is 15.2 Å². The average molecular weight is 456 g/mol. The van der Waals surface area contributed by atoms with Crippen molar-refractivity contribution in [1.82, 2.24) is 9.88 Å². The molecular weight excluding hydrogens is 430 g/mol. The Morgan fingerprint density at radius 2 is 2.00 bits per heavy atom. The summed E-state index contributed by atoms with van der Waals surface area (Å²) >= 11 is 7.74. The second-order valence-corrected chi connectivity index (χ2v) is 9.41. The molecule has 0 bridgehead atoms. The number of aliphatic hydroxyl groups excluding tert-OH is 1. The van der Waals surface area contributed by atoms with Crippen LogP contribution in [0.3, 0.4) is 0 Å². The third-order valence-electron chi connectivity index (χ3n) is 5.64. The zero-order valence-electron chi connectivity index (χ0n) is 17.2. The number of amides is 1. The van der Waals surface area contributed by atoms with Crippen LogP contribution in [-0.4, -0.2) is 40.6 Å². The fourth-order valence-electron chi connectivity index (χ4n) is 4.09. The highest BCUT2D eigenvalue weighted by molar-refractivity contribution is 7.15. The van der Waals surface area contributed by atoms with E-state index < -0.39 is 6.04 Å². The minimum Gasteiger partial charge on any atom is -0.396 e. The van der Waals surface area contributed by atoms with E-state index in [9.17, 15) is 9.90 Å². The summed E-state index contributed by atoms with van der Waals surface area (Å²) in [7, 11) is 0. The number of rotatable bonds is 7. The highest BCUT2D eigenvalue weighted by Gasteiger charge is 2.32. The molecule has 0 aliphatic carbocycles. The normalized spacial score (nSPS) is 17.9. The van der Waals surface area contributed by atoms with Crippen LogP contribution in [0, 0.1) is 5.92 Å². The fourth-order valence-corrected chi connectivity index (χ4v) is 5.14. The van der Waals surface area contributed by atoms with Gasteiger partial charge in [-0.15, -0.1) is 11.3 Å². The number of nitrogens with zero attached hydrogens (tertiary/aromatic N) is 2. The van der Waals surface area contributed by atoms with Crippen LogP contribution in [0.25, 0.3) is 0 Å². The van der Waals surface area contributed by atoms with Gasteiger partial charge in [-0.05, 0) is 42.5 Å². The van der Waals surface area contributed by atoms with Crippen molar-refractivity contribution in [2.75, 3.05) is 25.0 Å². The molecule has 162 valence electrons. The zero-order valence-corrected chi connectivity index (χ0v) is 18.8. The second kappa shape index (κ2) is 10.4. The van der Waals surface area contributed by atoms with E-state index in [1.54, 1.807) is 6.20 Å². The lowest BCUT2D eigenvalue weighted by Crippen LogP contribution is -2.44. The number of carbonyl (C=O) groups is 1. The van der Waals surface area contributed by atoms with Gasteiger partial charge in [0.15, 0.2) is 5.13 Å². The Hall–Kier alpha value is -2.25. The third kappa shape index (κ3) is 5.52. The Bertz CT molecular complexity index is 1010. The number of piperidine rings is 1. The molecule has 7 heteroatoms. The van der Waals surface area contributed by atoms with Gasteiger partial charge in [0.1, 0.15) is 6.04 Å². The number of aromatic nitrogens is 1. The molecule has 3 aromatic rings. The second-order valence-electron chi connectivity index (χ2n) is 7.89. The van der Waals surface area contributed by atoms with Crippen LogP contribution < -0.4 is 5.32 Å². The molecule has 1 aliphatic heterocycles. The van der Waals surface area contributed by atoms with Crippen molar-refractivity contribution in [3.8, 4) is 0 Å². The van der Waals surface area contributed by atoms with Crippen LogP contribution >= 0.6 is 22.9 Å². The van der Waals surface area contributed by atoms with Gasteiger partial charge in [0.2, 0.25) is 5.91 Å². The van der Waals surface area contributed by atoms with Gasteiger partial charge in [-0.25, -0.2) is 4.98 Å². The lowest BCUT2D eigenvalue weighted by atomic mass is 9.95. The van der Waals surface area contributed by atoms with Gasteiger partial charge in [0.25, 0.3) is 0 Å². The monoisotopic (exact) mass is 455 g/mol. The van der Waals surface area contributed by atoms with Crippen molar-refractivity contribution in [1.29, 1.82) is 0 Å². The number of nitrogens with one attached hydrogen (secondary N) is 1. The van der Waals surface area contributed by atoms with E-state index >= 15 is 0 Å². The molecule has 0 radical (unpaired) electrons. The molecule has 5 nitrogen and oxygen atoms in total. The van der Waals surface area contributed by atoms with Crippen molar-refractivity contribution in [3.05, 3.63) is 81.8 Å². The van der Waals surface area contributed by atoms with E-state index in [4.69, 9.17) is 11.6 Å². The number of likely N-dealkylation sites (tertiary alicyclic amines) is 1. The maximum atomic E-state index is 13.4. The molecule has 0 spiro atoms. The molecule has 4 rings (SSSR count). The quantitative estimate of drug-likeness (QED) is 0.538. The predicted octanol–water partition coefficient (Wildman–Crippen LogP) is 4.77. The minimum absolute atomic E-state index is 0.0940. The molecular formula is C24H26ClN3O2S. The summed E-state index contributed by atoms with van der Waals surface area (Å²) in [6, 6.07) is 17.2. The molecule has 2 atom stereocenters. The van der Waals surface area contributed by atoms with Gasteiger partial charge in [0, 0.05) is 35.7 Å². The molecule has 2 aromatic carbocycles. The van der Waals surface area contributed by atoms with Gasteiger partial charge in [0.05, 0.1) is 0 Å². The van der Waals surface area contributed by atoms with Gasteiger partial charge >= 0.3 is 0 Å². The van der Waals surface area contributed by atoms with Gasteiger partial charge in [-0.1, -0.05) is 60.1 Å². The van der Waals surface area contributed by atoms with E-state index in [0.29, 0.717) is 18.1 Å². The van der Waals surface area contributed by atoms with Crippen LogP contribution in [0.15, 0.2) is 60.8 Å². The lowest BCUT2D eigenvalue weighted by molar-refractivity contribution is -0.122. The smallest absolute Gasteiger partial charge is 0.248 e. The molecule has 2 unspecified atom stereocenters. The fraction of sp³-hybridized carbons (Fsp3) is 0.333. The van der Waals surface area contributed by atoms with Crippen LogP contribution in [0.4, 0.5) is 5.13 Å². The van der Waals surface area contributed by atoms with Crippen LogP contribution in [-0.2, 0) is 11.2 Å². The first-order valence-electron chi connectivity index (χ1n) is 10.5.